The highest BCUT2D eigenvalue weighted by atomic mass is 32.2. The third-order valence-corrected chi connectivity index (χ3v) is 8.94. The number of likely N-dealkylation sites (tertiary alicyclic amines) is 2. The van der Waals surface area contributed by atoms with E-state index < -0.39 is 43.8 Å². The fourth-order valence-corrected chi connectivity index (χ4v) is 7.23. The van der Waals surface area contributed by atoms with Gasteiger partial charge in [-0.2, -0.15) is 0 Å². The second-order valence-electron chi connectivity index (χ2n) is 10.3. The molecule has 0 radical (unpaired) electrons. The van der Waals surface area contributed by atoms with Gasteiger partial charge < -0.3 is 16.6 Å². The monoisotopic (exact) mass is 544 g/mol. The van der Waals surface area contributed by atoms with Gasteiger partial charge in [-0.05, 0) is 62.5 Å². The first-order valence-corrected chi connectivity index (χ1v) is 14.4. The molecule has 2 aliphatic rings. The van der Waals surface area contributed by atoms with Crippen LogP contribution < -0.4 is 16.6 Å². The summed E-state index contributed by atoms with van der Waals surface area (Å²) in [5.74, 6) is -1.40. The maximum Gasteiger partial charge on any atom is 0.239 e. The fourth-order valence-electron chi connectivity index (χ4n) is 6.20. The number of carbonyl (C=O) groups excluding carboxylic acids is 2. The average molecular weight is 545 g/mol. The van der Waals surface area contributed by atoms with Gasteiger partial charge in [0.2, 0.25) is 15.8 Å². The van der Waals surface area contributed by atoms with Crippen LogP contribution in [0.3, 0.4) is 0 Å². The lowest BCUT2D eigenvalue weighted by Gasteiger charge is -2.49. The molecule has 0 spiro atoms. The lowest BCUT2D eigenvalue weighted by molar-refractivity contribution is -0.156. The Balaban J connectivity index is 2.17. The van der Waals surface area contributed by atoms with Crippen molar-refractivity contribution in [2.24, 2.45) is 16.6 Å². The molecule has 2 aromatic carbocycles. The lowest BCUT2D eigenvalue weighted by atomic mass is 9.73. The van der Waals surface area contributed by atoms with Crippen molar-refractivity contribution >= 4 is 38.7 Å². The standard InChI is InChI=1S/C26H36N6O5S/c1-17(34)26(32-13-7-8-14-32,24(35)25(29,16-33)31-11-5-2-6-12-31)20-15-18-9-3-4-10-19(18)21(23(27)28)22(20)38(30,36)37/h3-4,9-10,15-17,34H,2,5-8,11-14,29H2,1H3,(H3,27,28)(H2,30,36,37). The number of aliphatic hydroxyl groups excluding tert-OH is 1. The maximum atomic E-state index is 14.8. The number of fused-ring (bicyclic) bond motifs is 1. The highest BCUT2D eigenvalue weighted by molar-refractivity contribution is 7.89. The van der Waals surface area contributed by atoms with E-state index in [1.54, 1.807) is 34.1 Å². The smallest absolute Gasteiger partial charge is 0.239 e. The molecule has 2 aliphatic heterocycles. The molecule has 11 nitrogen and oxygen atoms in total. The zero-order valence-electron chi connectivity index (χ0n) is 21.5. The number of hydrogen-bond donors (Lipinski definition) is 5. The number of nitrogens with one attached hydrogen (secondary N) is 1. The van der Waals surface area contributed by atoms with Crippen LogP contribution in [0.2, 0.25) is 0 Å². The van der Waals surface area contributed by atoms with Crippen LogP contribution in [0.5, 0.6) is 0 Å². The highest BCUT2D eigenvalue weighted by Crippen LogP contribution is 2.44. The number of piperidine rings is 1. The number of rotatable bonds is 9. The van der Waals surface area contributed by atoms with Crippen LogP contribution in [-0.2, 0) is 25.2 Å². The first-order valence-electron chi connectivity index (χ1n) is 12.8. The Kier molecular flexibility index (Phi) is 7.77. The lowest BCUT2D eigenvalue weighted by Crippen LogP contribution is -2.73. The number of benzene rings is 2. The van der Waals surface area contributed by atoms with E-state index in [2.05, 4.69) is 0 Å². The number of Topliss-reactive ketones (excluding diaryl/α,β-unsaturated/α-hetero) is 1. The Morgan fingerprint density at radius 1 is 1.08 bits per heavy atom. The summed E-state index contributed by atoms with van der Waals surface area (Å²) in [6, 6.07) is 8.19. The molecule has 12 heteroatoms. The summed E-state index contributed by atoms with van der Waals surface area (Å²) < 4.78 is 26.5. The zero-order chi connectivity index (χ0) is 27.9. The molecule has 0 amide bonds. The van der Waals surface area contributed by atoms with E-state index in [4.69, 9.17) is 22.0 Å². The van der Waals surface area contributed by atoms with E-state index >= 15 is 0 Å². The third-order valence-electron chi connectivity index (χ3n) is 7.94. The summed E-state index contributed by atoms with van der Waals surface area (Å²) in [4.78, 5) is 30.3. The van der Waals surface area contributed by atoms with Crippen LogP contribution in [-0.4, -0.2) is 79.2 Å². The van der Waals surface area contributed by atoms with Gasteiger partial charge in [0.05, 0.1) is 11.0 Å². The minimum Gasteiger partial charge on any atom is -0.391 e. The van der Waals surface area contributed by atoms with E-state index in [1.807, 2.05) is 0 Å². The number of ketones is 1. The van der Waals surface area contributed by atoms with E-state index in [9.17, 15) is 23.1 Å². The van der Waals surface area contributed by atoms with Gasteiger partial charge >= 0.3 is 0 Å². The molecule has 4 rings (SSSR count). The predicted octanol–water partition coefficient (Wildman–Crippen LogP) is 0.352. The van der Waals surface area contributed by atoms with Gasteiger partial charge in [-0.25, -0.2) is 13.6 Å². The van der Waals surface area contributed by atoms with Crippen molar-refractivity contribution in [3.8, 4) is 0 Å². The number of nitrogen functional groups attached to an aromatic ring is 1. The van der Waals surface area contributed by atoms with Gasteiger partial charge in [-0.15, -0.1) is 0 Å². The van der Waals surface area contributed by atoms with Gasteiger partial charge in [-0.1, -0.05) is 30.7 Å². The molecular weight excluding hydrogens is 508 g/mol. The molecule has 2 heterocycles. The number of aliphatic hydroxyl groups is 1. The van der Waals surface area contributed by atoms with Crippen molar-refractivity contribution in [1.29, 1.82) is 5.41 Å². The summed E-state index contributed by atoms with van der Waals surface area (Å²) in [6.45, 7) is 2.87. The van der Waals surface area contributed by atoms with E-state index in [0.717, 1.165) is 19.3 Å². The van der Waals surface area contributed by atoms with E-state index in [1.165, 1.54) is 13.0 Å². The van der Waals surface area contributed by atoms with Crippen LogP contribution in [0.25, 0.3) is 10.8 Å². The molecule has 0 saturated carbocycles. The van der Waals surface area contributed by atoms with Crippen LogP contribution >= 0.6 is 0 Å². The molecule has 2 saturated heterocycles. The summed E-state index contributed by atoms with van der Waals surface area (Å²) in [6.07, 6.45) is 2.63. The molecule has 8 N–H and O–H groups in total. The number of aldehydes is 1. The van der Waals surface area contributed by atoms with E-state index in [0.29, 0.717) is 56.1 Å². The molecule has 3 atom stereocenters. The summed E-state index contributed by atoms with van der Waals surface area (Å²) in [5, 5.41) is 26.4. The SMILES string of the molecule is CC(O)C(C(=O)C(N)(C=O)N1CCCCC1)(c1cc2ccccc2c(C(=N)N)c1S(N)(=O)=O)N1CCCC1. The number of sulfonamides is 1. The summed E-state index contributed by atoms with van der Waals surface area (Å²) in [7, 11) is -4.61. The summed E-state index contributed by atoms with van der Waals surface area (Å²) in [5.41, 5.74) is 8.06. The molecule has 0 aliphatic carbocycles. The minimum atomic E-state index is -4.61. The first-order chi connectivity index (χ1) is 17.9. The number of primary sulfonamides is 1. The number of hydrogen-bond acceptors (Lipinski definition) is 9. The predicted molar refractivity (Wildman–Crippen MR) is 144 cm³/mol. The molecule has 0 aromatic heterocycles. The molecule has 3 unspecified atom stereocenters. The summed E-state index contributed by atoms with van der Waals surface area (Å²) >= 11 is 0. The Labute approximate surface area is 222 Å². The van der Waals surface area contributed by atoms with Crippen molar-refractivity contribution in [3.05, 3.63) is 41.5 Å². The van der Waals surface area contributed by atoms with Gasteiger partial charge in [0, 0.05) is 24.2 Å². The Morgan fingerprint density at radius 3 is 2.16 bits per heavy atom. The van der Waals surface area contributed by atoms with Gasteiger partial charge in [0.15, 0.2) is 11.9 Å². The zero-order valence-corrected chi connectivity index (χ0v) is 22.3. The van der Waals surface area contributed by atoms with Crippen molar-refractivity contribution in [3.63, 3.8) is 0 Å². The van der Waals surface area contributed by atoms with Gasteiger partial charge in [0.25, 0.3) is 0 Å². The largest absolute Gasteiger partial charge is 0.391 e. The average Bonchev–Trinajstić information content (AvgIpc) is 3.42. The second-order valence-corrected chi connectivity index (χ2v) is 11.8. The molecule has 2 fully saturated rings. The fraction of sp³-hybridized carbons (Fsp3) is 0.500. The van der Waals surface area contributed by atoms with Crippen molar-refractivity contribution in [1.82, 2.24) is 9.80 Å². The van der Waals surface area contributed by atoms with Gasteiger partial charge in [0.1, 0.15) is 11.4 Å². The van der Waals surface area contributed by atoms with E-state index in [-0.39, 0.29) is 11.1 Å². The van der Waals surface area contributed by atoms with Crippen LogP contribution in [0.1, 0.15) is 50.2 Å². The maximum absolute atomic E-state index is 14.8. The van der Waals surface area contributed by atoms with Crippen LogP contribution in [0.15, 0.2) is 35.2 Å². The highest BCUT2D eigenvalue weighted by Gasteiger charge is 2.60. The Morgan fingerprint density at radius 2 is 1.63 bits per heavy atom. The quantitative estimate of drug-likeness (QED) is 0.128. The number of nitrogens with two attached hydrogens (primary N) is 3. The molecule has 2 aromatic rings. The van der Waals surface area contributed by atoms with Crippen molar-refractivity contribution in [2.45, 2.75) is 61.2 Å². The molecule has 0 bridgehead atoms. The number of nitrogens with zero attached hydrogens (tertiary/aromatic N) is 2. The normalized spacial score (nSPS) is 21.5. The van der Waals surface area contributed by atoms with Crippen LogP contribution in [0.4, 0.5) is 0 Å². The second kappa shape index (κ2) is 10.4. The van der Waals surface area contributed by atoms with Gasteiger partial charge in [-0.3, -0.25) is 24.8 Å². The molecule has 206 valence electrons. The topological polar surface area (TPSA) is 197 Å². The first kappa shape index (κ1) is 28.3. The Bertz CT molecular complexity index is 1370. The molecular formula is C26H36N6O5S. The number of amidine groups is 1. The van der Waals surface area contributed by atoms with Crippen molar-refractivity contribution in [2.75, 3.05) is 26.2 Å². The Hall–Kier alpha value is -2.74. The van der Waals surface area contributed by atoms with Crippen molar-refractivity contribution < 1.29 is 23.1 Å². The molecule has 38 heavy (non-hydrogen) atoms. The van der Waals surface area contributed by atoms with Crippen LogP contribution in [0, 0.1) is 5.41 Å². The minimum absolute atomic E-state index is 0.139. The number of carbonyl (C=O) groups is 2. The third kappa shape index (κ3) is 4.44.